The molecule has 0 aromatic heterocycles. The first kappa shape index (κ1) is 14.9. The summed E-state index contributed by atoms with van der Waals surface area (Å²) in [7, 11) is -3.60. The Balaban J connectivity index is 2.85. The zero-order chi connectivity index (χ0) is 13.8. The topological polar surface area (TPSA) is 72.2 Å². The lowest BCUT2D eigenvalue weighted by Gasteiger charge is -2.09. The Labute approximate surface area is 107 Å². The predicted octanol–water partition coefficient (Wildman–Crippen LogP) is 2.18. The first-order chi connectivity index (χ1) is 8.38. The molecule has 102 valence electrons. The molecule has 1 aromatic rings. The van der Waals surface area contributed by atoms with Crippen molar-refractivity contribution >= 4 is 15.7 Å². The summed E-state index contributed by atoms with van der Waals surface area (Å²) in [5, 5.41) is 0. The highest BCUT2D eigenvalue weighted by Gasteiger charge is 2.16. The van der Waals surface area contributed by atoms with Gasteiger partial charge in [-0.25, -0.2) is 17.5 Å². The van der Waals surface area contributed by atoms with Gasteiger partial charge in [0, 0.05) is 6.54 Å². The highest BCUT2D eigenvalue weighted by Crippen LogP contribution is 2.20. The summed E-state index contributed by atoms with van der Waals surface area (Å²) in [4.78, 5) is 0.00963. The van der Waals surface area contributed by atoms with E-state index in [1.807, 2.05) is 6.92 Å². The molecule has 0 aliphatic heterocycles. The largest absolute Gasteiger partial charge is 0.396 e. The Bertz CT molecular complexity index is 492. The van der Waals surface area contributed by atoms with Gasteiger partial charge in [-0.1, -0.05) is 19.8 Å². The van der Waals surface area contributed by atoms with Crippen LogP contribution in [-0.2, 0) is 10.0 Å². The maximum atomic E-state index is 13.3. The van der Waals surface area contributed by atoms with Crippen LogP contribution >= 0.6 is 0 Å². The molecule has 0 aliphatic rings. The molecule has 18 heavy (non-hydrogen) atoms. The fraction of sp³-hybridized carbons (Fsp3) is 0.500. The molecule has 0 fully saturated rings. The number of hydrogen-bond donors (Lipinski definition) is 2. The standard InChI is InChI=1S/C12H19FN2O2S/c1-3-4-5-6-15-18(16,17)10-7-9(2)12(13)11(14)8-10/h7-8,15H,3-6,14H2,1-2H3. The van der Waals surface area contributed by atoms with Crippen LogP contribution in [0, 0.1) is 12.7 Å². The van der Waals surface area contributed by atoms with Gasteiger partial charge in [0.2, 0.25) is 10.0 Å². The molecule has 0 atom stereocenters. The first-order valence-electron chi connectivity index (χ1n) is 5.93. The molecule has 1 rings (SSSR count). The quantitative estimate of drug-likeness (QED) is 0.617. The van der Waals surface area contributed by atoms with Gasteiger partial charge in [0.15, 0.2) is 0 Å². The number of hydrogen-bond acceptors (Lipinski definition) is 3. The van der Waals surface area contributed by atoms with Crippen LogP contribution in [0.2, 0.25) is 0 Å². The van der Waals surface area contributed by atoms with Crippen molar-refractivity contribution in [1.29, 1.82) is 0 Å². The zero-order valence-electron chi connectivity index (χ0n) is 10.7. The number of sulfonamides is 1. The van der Waals surface area contributed by atoms with Crippen LogP contribution in [0.25, 0.3) is 0 Å². The highest BCUT2D eigenvalue weighted by molar-refractivity contribution is 7.89. The van der Waals surface area contributed by atoms with E-state index in [1.165, 1.54) is 13.0 Å². The van der Waals surface area contributed by atoms with Crippen molar-refractivity contribution in [3.05, 3.63) is 23.5 Å². The maximum Gasteiger partial charge on any atom is 0.240 e. The Morgan fingerprint density at radius 3 is 2.56 bits per heavy atom. The Morgan fingerprint density at radius 2 is 2.00 bits per heavy atom. The molecule has 1 aromatic carbocycles. The SMILES string of the molecule is CCCCCNS(=O)(=O)c1cc(C)c(F)c(N)c1. The monoisotopic (exact) mass is 274 g/mol. The number of aryl methyl sites for hydroxylation is 1. The van der Waals surface area contributed by atoms with Crippen LogP contribution in [-0.4, -0.2) is 15.0 Å². The van der Waals surface area contributed by atoms with E-state index in [4.69, 9.17) is 5.73 Å². The van der Waals surface area contributed by atoms with E-state index >= 15 is 0 Å². The van der Waals surface area contributed by atoms with E-state index in [0.717, 1.165) is 25.3 Å². The van der Waals surface area contributed by atoms with Crippen molar-refractivity contribution < 1.29 is 12.8 Å². The molecule has 0 saturated heterocycles. The summed E-state index contributed by atoms with van der Waals surface area (Å²) in [5.41, 5.74) is 5.50. The molecule has 0 bridgehead atoms. The fourth-order valence-corrected chi connectivity index (χ4v) is 2.78. The average Bonchev–Trinajstić information content (AvgIpc) is 2.31. The molecule has 0 aliphatic carbocycles. The second kappa shape index (κ2) is 6.15. The molecular weight excluding hydrogens is 255 g/mol. The minimum atomic E-state index is -3.60. The van der Waals surface area contributed by atoms with Crippen molar-refractivity contribution in [3.8, 4) is 0 Å². The lowest BCUT2D eigenvalue weighted by Crippen LogP contribution is -2.25. The molecular formula is C12H19FN2O2S. The number of nitrogens with two attached hydrogens (primary N) is 1. The third-order valence-electron chi connectivity index (χ3n) is 2.64. The number of anilines is 1. The van der Waals surface area contributed by atoms with E-state index in [9.17, 15) is 12.8 Å². The first-order valence-corrected chi connectivity index (χ1v) is 7.42. The summed E-state index contributed by atoms with van der Waals surface area (Å²) >= 11 is 0. The van der Waals surface area contributed by atoms with Crippen LogP contribution in [0.15, 0.2) is 17.0 Å². The smallest absolute Gasteiger partial charge is 0.240 e. The Kier molecular flexibility index (Phi) is 5.10. The van der Waals surface area contributed by atoms with Crippen LogP contribution < -0.4 is 10.5 Å². The van der Waals surface area contributed by atoms with Gasteiger partial charge in [0.05, 0.1) is 10.6 Å². The van der Waals surface area contributed by atoms with Gasteiger partial charge in [-0.3, -0.25) is 0 Å². The van der Waals surface area contributed by atoms with Crippen molar-refractivity contribution in [1.82, 2.24) is 4.72 Å². The summed E-state index contributed by atoms with van der Waals surface area (Å²) in [6.07, 6.45) is 2.77. The molecule has 0 heterocycles. The number of nitrogen functional groups attached to an aromatic ring is 1. The van der Waals surface area contributed by atoms with Crippen LogP contribution in [0.5, 0.6) is 0 Å². The number of nitrogens with one attached hydrogen (secondary N) is 1. The van der Waals surface area contributed by atoms with E-state index in [2.05, 4.69) is 4.72 Å². The fourth-order valence-electron chi connectivity index (χ4n) is 1.58. The van der Waals surface area contributed by atoms with Crippen LogP contribution in [0.1, 0.15) is 31.7 Å². The van der Waals surface area contributed by atoms with E-state index in [-0.39, 0.29) is 16.1 Å². The van der Waals surface area contributed by atoms with Gasteiger partial charge in [-0.15, -0.1) is 0 Å². The molecule has 4 nitrogen and oxygen atoms in total. The van der Waals surface area contributed by atoms with Gasteiger partial charge < -0.3 is 5.73 Å². The minimum Gasteiger partial charge on any atom is -0.396 e. The third-order valence-corrected chi connectivity index (χ3v) is 4.08. The number of halogens is 1. The van der Waals surface area contributed by atoms with Crippen LogP contribution in [0.3, 0.4) is 0 Å². The summed E-state index contributed by atoms with van der Waals surface area (Å²) in [5.74, 6) is -0.570. The predicted molar refractivity (Wildman–Crippen MR) is 70.3 cm³/mol. The second-order valence-electron chi connectivity index (χ2n) is 4.25. The average molecular weight is 274 g/mol. The zero-order valence-corrected chi connectivity index (χ0v) is 11.5. The van der Waals surface area contributed by atoms with E-state index < -0.39 is 15.8 Å². The molecule has 3 N–H and O–H groups in total. The van der Waals surface area contributed by atoms with Crippen molar-refractivity contribution in [2.24, 2.45) is 0 Å². The van der Waals surface area contributed by atoms with Crippen molar-refractivity contribution in [3.63, 3.8) is 0 Å². The summed E-state index contributed by atoms with van der Waals surface area (Å²) < 4.78 is 39.6. The third kappa shape index (κ3) is 3.68. The molecule has 0 spiro atoms. The minimum absolute atomic E-state index is 0.00963. The van der Waals surface area contributed by atoms with Gasteiger partial charge in [-0.05, 0) is 31.0 Å². The van der Waals surface area contributed by atoms with Gasteiger partial charge >= 0.3 is 0 Å². The number of benzene rings is 1. The highest BCUT2D eigenvalue weighted by atomic mass is 32.2. The number of rotatable bonds is 6. The molecule has 0 saturated carbocycles. The second-order valence-corrected chi connectivity index (χ2v) is 6.02. The van der Waals surface area contributed by atoms with E-state index in [1.54, 1.807) is 0 Å². The molecule has 0 amide bonds. The lowest BCUT2D eigenvalue weighted by molar-refractivity contribution is 0.575. The van der Waals surface area contributed by atoms with Crippen molar-refractivity contribution in [2.45, 2.75) is 38.0 Å². The maximum absolute atomic E-state index is 13.3. The summed E-state index contributed by atoms with van der Waals surface area (Å²) in [6, 6.07) is 2.43. The number of unbranched alkanes of at least 4 members (excludes halogenated alkanes) is 2. The van der Waals surface area contributed by atoms with Crippen molar-refractivity contribution in [2.75, 3.05) is 12.3 Å². The van der Waals surface area contributed by atoms with Gasteiger partial charge in [0.25, 0.3) is 0 Å². The Morgan fingerprint density at radius 1 is 1.33 bits per heavy atom. The summed E-state index contributed by atoms with van der Waals surface area (Å²) in [6.45, 7) is 3.91. The van der Waals surface area contributed by atoms with E-state index in [0.29, 0.717) is 6.54 Å². The van der Waals surface area contributed by atoms with Crippen LogP contribution in [0.4, 0.5) is 10.1 Å². The molecule has 0 radical (unpaired) electrons. The molecule has 6 heteroatoms. The van der Waals surface area contributed by atoms with Gasteiger partial charge in [0.1, 0.15) is 5.82 Å². The van der Waals surface area contributed by atoms with Gasteiger partial charge in [-0.2, -0.15) is 0 Å². The lowest BCUT2D eigenvalue weighted by atomic mass is 10.2. The Hall–Kier alpha value is -1.14. The normalized spacial score (nSPS) is 11.7. The molecule has 0 unspecified atom stereocenters.